The molecule has 1 aliphatic rings. The van der Waals surface area contributed by atoms with E-state index in [1.807, 2.05) is 25.1 Å². The van der Waals surface area contributed by atoms with Crippen molar-refractivity contribution in [3.8, 4) is 11.5 Å². The van der Waals surface area contributed by atoms with Crippen molar-refractivity contribution >= 4 is 23.4 Å². The summed E-state index contributed by atoms with van der Waals surface area (Å²) in [6.07, 6.45) is 1.74. The quantitative estimate of drug-likeness (QED) is 0.653. The standard InChI is InChI=1S/C19H18N2O5/c1-3-25-17-6-4-5-13-9-14(11-26-18(13)17)19(22)20-16-10-15(21(23)24)8-7-12(16)2/h4-10H,3,11H2,1-2H3,(H,20,22). The molecule has 0 aromatic heterocycles. The molecule has 1 amide bonds. The first-order valence-electron chi connectivity index (χ1n) is 8.15. The van der Waals surface area contributed by atoms with Crippen LogP contribution in [0.2, 0.25) is 0 Å². The lowest BCUT2D eigenvalue weighted by Gasteiger charge is -2.20. The molecule has 0 saturated carbocycles. The molecule has 2 aromatic carbocycles. The number of nitro groups is 1. The van der Waals surface area contributed by atoms with Crippen LogP contribution in [0.3, 0.4) is 0 Å². The molecule has 0 saturated heterocycles. The fourth-order valence-electron chi connectivity index (χ4n) is 2.64. The third-order valence-electron chi connectivity index (χ3n) is 3.98. The summed E-state index contributed by atoms with van der Waals surface area (Å²) in [6.45, 7) is 4.27. The fourth-order valence-corrected chi connectivity index (χ4v) is 2.64. The van der Waals surface area contributed by atoms with Crippen molar-refractivity contribution in [2.75, 3.05) is 18.5 Å². The van der Waals surface area contributed by atoms with Gasteiger partial charge in [0.05, 0.1) is 22.8 Å². The van der Waals surface area contributed by atoms with Crippen molar-refractivity contribution in [3.05, 3.63) is 63.2 Å². The average Bonchev–Trinajstić information content (AvgIpc) is 2.63. The summed E-state index contributed by atoms with van der Waals surface area (Å²) in [6, 6.07) is 9.83. The maximum Gasteiger partial charge on any atom is 0.271 e. The molecule has 0 fully saturated rings. The molecule has 0 unspecified atom stereocenters. The molecule has 3 rings (SSSR count). The van der Waals surface area contributed by atoms with E-state index >= 15 is 0 Å². The number of hydrogen-bond donors (Lipinski definition) is 1. The summed E-state index contributed by atoms with van der Waals surface area (Å²) in [5.41, 5.74) is 2.24. The fraction of sp³-hybridized carbons (Fsp3) is 0.211. The maximum atomic E-state index is 12.6. The number of carbonyl (C=O) groups excluding carboxylic acids is 1. The first-order valence-corrected chi connectivity index (χ1v) is 8.15. The molecule has 0 spiro atoms. The Balaban J connectivity index is 1.85. The van der Waals surface area contributed by atoms with Gasteiger partial charge in [0.15, 0.2) is 11.5 Å². The Morgan fingerprint density at radius 1 is 1.35 bits per heavy atom. The van der Waals surface area contributed by atoms with Crippen LogP contribution in [0.4, 0.5) is 11.4 Å². The number of nitrogens with zero attached hydrogens (tertiary/aromatic N) is 1. The second kappa shape index (κ2) is 7.26. The SMILES string of the molecule is CCOc1cccc2c1OCC(C(=O)Nc1cc([N+](=O)[O-])ccc1C)=C2. The molecule has 2 aromatic rings. The van der Waals surface area contributed by atoms with Gasteiger partial charge in [-0.15, -0.1) is 0 Å². The Morgan fingerprint density at radius 3 is 2.88 bits per heavy atom. The topological polar surface area (TPSA) is 90.7 Å². The lowest BCUT2D eigenvalue weighted by Crippen LogP contribution is -2.22. The zero-order chi connectivity index (χ0) is 18.7. The van der Waals surface area contributed by atoms with E-state index in [1.54, 1.807) is 19.1 Å². The van der Waals surface area contributed by atoms with Crippen LogP contribution in [0.15, 0.2) is 42.0 Å². The molecule has 1 heterocycles. The highest BCUT2D eigenvalue weighted by Gasteiger charge is 2.21. The molecule has 0 atom stereocenters. The highest BCUT2D eigenvalue weighted by atomic mass is 16.6. The van der Waals surface area contributed by atoms with Gasteiger partial charge in [-0.05, 0) is 31.6 Å². The first-order chi connectivity index (χ1) is 12.5. The highest BCUT2D eigenvalue weighted by Crippen LogP contribution is 2.36. The third kappa shape index (κ3) is 3.51. The number of para-hydroxylation sites is 1. The van der Waals surface area contributed by atoms with E-state index in [0.717, 1.165) is 11.1 Å². The highest BCUT2D eigenvalue weighted by molar-refractivity contribution is 6.08. The Hall–Kier alpha value is -3.35. The molecule has 134 valence electrons. The number of ether oxygens (including phenoxy) is 2. The Morgan fingerprint density at radius 2 is 2.15 bits per heavy atom. The molecule has 1 aliphatic heterocycles. The molecule has 1 N–H and O–H groups in total. The van der Waals surface area contributed by atoms with E-state index in [-0.39, 0.29) is 18.2 Å². The van der Waals surface area contributed by atoms with Crippen LogP contribution in [-0.2, 0) is 4.79 Å². The molecule has 7 heteroatoms. The van der Waals surface area contributed by atoms with Crippen molar-refractivity contribution < 1.29 is 19.2 Å². The van der Waals surface area contributed by atoms with Crippen molar-refractivity contribution in [3.63, 3.8) is 0 Å². The molecule has 0 bridgehead atoms. The van der Waals surface area contributed by atoms with E-state index in [2.05, 4.69) is 5.32 Å². The number of carbonyl (C=O) groups is 1. The minimum atomic E-state index is -0.496. The molecule has 0 aliphatic carbocycles. The number of nitro benzene ring substituents is 1. The van der Waals surface area contributed by atoms with E-state index in [0.29, 0.717) is 29.4 Å². The summed E-state index contributed by atoms with van der Waals surface area (Å²) in [5, 5.41) is 13.6. The van der Waals surface area contributed by atoms with Gasteiger partial charge in [-0.3, -0.25) is 14.9 Å². The van der Waals surface area contributed by atoms with Gasteiger partial charge in [-0.2, -0.15) is 0 Å². The average molecular weight is 354 g/mol. The Labute approximate surface area is 150 Å². The monoisotopic (exact) mass is 354 g/mol. The van der Waals surface area contributed by atoms with Gasteiger partial charge in [0.1, 0.15) is 6.61 Å². The number of aryl methyl sites for hydroxylation is 1. The van der Waals surface area contributed by atoms with Gasteiger partial charge in [0, 0.05) is 17.7 Å². The van der Waals surface area contributed by atoms with Crippen molar-refractivity contribution in [2.24, 2.45) is 0 Å². The van der Waals surface area contributed by atoms with Crippen LogP contribution in [-0.4, -0.2) is 24.0 Å². The largest absolute Gasteiger partial charge is 0.490 e. The second-order valence-electron chi connectivity index (χ2n) is 5.78. The van der Waals surface area contributed by atoms with E-state index < -0.39 is 4.92 Å². The second-order valence-corrected chi connectivity index (χ2v) is 5.78. The minimum Gasteiger partial charge on any atom is -0.490 e. The first kappa shape index (κ1) is 17.5. The maximum absolute atomic E-state index is 12.6. The summed E-state index contributed by atoms with van der Waals surface area (Å²) in [7, 11) is 0. The predicted molar refractivity (Wildman–Crippen MR) is 97.5 cm³/mol. The zero-order valence-electron chi connectivity index (χ0n) is 14.4. The van der Waals surface area contributed by atoms with E-state index in [9.17, 15) is 14.9 Å². The van der Waals surface area contributed by atoms with Gasteiger partial charge in [0.25, 0.3) is 11.6 Å². The zero-order valence-corrected chi connectivity index (χ0v) is 14.4. The van der Waals surface area contributed by atoms with Crippen LogP contribution in [0, 0.1) is 17.0 Å². The lowest BCUT2D eigenvalue weighted by atomic mass is 10.1. The Bertz CT molecular complexity index is 905. The number of benzene rings is 2. The van der Waals surface area contributed by atoms with Gasteiger partial charge in [0.2, 0.25) is 0 Å². The smallest absolute Gasteiger partial charge is 0.271 e. The van der Waals surface area contributed by atoms with Crippen molar-refractivity contribution in [1.29, 1.82) is 0 Å². The van der Waals surface area contributed by atoms with Crippen molar-refractivity contribution in [2.45, 2.75) is 13.8 Å². The van der Waals surface area contributed by atoms with Gasteiger partial charge >= 0.3 is 0 Å². The minimum absolute atomic E-state index is 0.0773. The molecule has 7 nitrogen and oxygen atoms in total. The number of anilines is 1. The van der Waals surface area contributed by atoms with Crippen LogP contribution in [0.5, 0.6) is 11.5 Å². The van der Waals surface area contributed by atoms with Crippen molar-refractivity contribution in [1.82, 2.24) is 0 Å². The summed E-state index contributed by atoms with van der Waals surface area (Å²) >= 11 is 0. The van der Waals surface area contributed by atoms with Gasteiger partial charge in [-0.25, -0.2) is 0 Å². The van der Waals surface area contributed by atoms with Crippen LogP contribution >= 0.6 is 0 Å². The number of rotatable bonds is 5. The molecular formula is C19H18N2O5. The van der Waals surface area contributed by atoms with E-state index in [1.165, 1.54) is 12.1 Å². The molecule has 26 heavy (non-hydrogen) atoms. The normalized spacial score (nSPS) is 12.5. The lowest BCUT2D eigenvalue weighted by molar-refractivity contribution is -0.384. The number of nitrogens with one attached hydrogen (secondary N) is 1. The van der Waals surface area contributed by atoms with E-state index in [4.69, 9.17) is 9.47 Å². The number of amides is 1. The number of fused-ring (bicyclic) bond motifs is 1. The number of hydrogen-bond acceptors (Lipinski definition) is 5. The summed E-state index contributed by atoms with van der Waals surface area (Å²) in [5.74, 6) is 0.883. The molecular weight excluding hydrogens is 336 g/mol. The molecule has 0 radical (unpaired) electrons. The summed E-state index contributed by atoms with van der Waals surface area (Å²) in [4.78, 5) is 23.0. The van der Waals surface area contributed by atoms with Crippen LogP contribution < -0.4 is 14.8 Å². The summed E-state index contributed by atoms with van der Waals surface area (Å²) < 4.78 is 11.2. The number of non-ortho nitro benzene ring substituents is 1. The predicted octanol–water partition coefficient (Wildman–Crippen LogP) is 3.72. The van der Waals surface area contributed by atoms with Crippen LogP contribution in [0.25, 0.3) is 6.08 Å². The van der Waals surface area contributed by atoms with Gasteiger partial charge in [-0.1, -0.05) is 18.2 Å². The van der Waals surface area contributed by atoms with Gasteiger partial charge < -0.3 is 14.8 Å². The third-order valence-corrected chi connectivity index (χ3v) is 3.98. The Kier molecular flexibility index (Phi) is 4.88. The van der Waals surface area contributed by atoms with Crippen LogP contribution in [0.1, 0.15) is 18.1 Å².